The Balaban J connectivity index is 1.39. The molecular weight excluding hydrogens is 308 g/mol. The second-order valence-electron chi connectivity index (χ2n) is 6.70. The molecule has 1 N–H and O–H groups in total. The topological polar surface area (TPSA) is 84.4 Å². The predicted octanol–water partition coefficient (Wildman–Crippen LogP) is 1.01. The molecule has 0 aromatic carbocycles. The van der Waals surface area contributed by atoms with Crippen LogP contribution in [0.15, 0.2) is 18.6 Å². The molecule has 1 atom stereocenters. The van der Waals surface area contributed by atoms with Gasteiger partial charge < -0.3 is 15.0 Å². The Kier molecular flexibility index (Phi) is 5.08. The van der Waals surface area contributed by atoms with E-state index in [1.54, 1.807) is 6.20 Å². The Morgan fingerprint density at radius 1 is 1.42 bits per heavy atom. The quantitative estimate of drug-likeness (QED) is 0.870. The molecule has 0 bridgehead atoms. The molecule has 1 aromatic heterocycles. The average molecular weight is 332 g/mol. The zero-order valence-corrected chi connectivity index (χ0v) is 14.0. The van der Waals surface area contributed by atoms with E-state index in [-0.39, 0.29) is 17.4 Å². The summed E-state index contributed by atoms with van der Waals surface area (Å²) in [5.41, 5.74) is 0.184. The van der Waals surface area contributed by atoms with E-state index in [4.69, 9.17) is 4.74 Å². The number of hydrogen-bond acceptors (Lipinski definition) is 5. The molecule has 24 heavy (non-hydrogen) atoms. The van der Waals surface area contributed by atoms with Crippen LogP contribution in [-0.4, -0.2) is 58.5 Å². The van der Waals surface area contributed by atoms with Crippen molar-refractivity contribution >= 4 is 11.8 Å². The number of hydrogen-bond donors (Lipinski definition) is 1. The number of nitrogens with zero attached hydrogens (tertiary/aromatic N) is 3. The number of amides is 2. The first-order valence-corrected chi connectivity index (χ1v) is 8.58. The van der Waals surface area contributed by atoms with Gasteiger partial charge in [-0.2, -0.15) is 0 Å². The molecule has 3 heterocycles. The summed E-state index contributed by atoms with van der Waals surface area (Å²) in [5.74, 6) is 0.324. The Morgan fingerprint density at radius 2 is 2.25 bits per heavy atom. The van der Waals surface area contributed by atoms with Crippen molar-refractivity contribution < 1.29 is 14.3 Å². The second-order valence-corrected chi connectivity index (χ2v) is 6.70. The van der Waals surface area contributed by atoms with Gasteiger partial charge in [-0.3, -0.25) is 14.6 Å². The highest BCUT2D eigenvalue weighted by Crippen LogP contribution is 2.36. The van der Waals surface area contributed by atoms with Gasteiger partial charge in [0.05, 0.1) is 25.9 Å². The fourth-order valence-corrected chi connectivity index (χ4v) is 3.27. The minimum absolute atomic E-state index is 0.144. The lowest BCUT2D eigenvalue weighted by Gasteiger charge is -2.52. The van der Waals surface area contributed by atoms with E-state index in [0.717, 1.165) is 19.3 Å². The third-order valence-corrected chi connectivity index (χ3v) is 4.76. The van der Waals surface area contributed by atoms with Crippen molar-refractivity contribution in [2.45, 2.75) is 38.2 Å². The third-order valence-electron chi connectivity index (χ3n) is 4.76. The van der Waals surface area contributed by atoms with Crippen LogP contribution in [0.2, 0.25) is 0 Å². The number of ether oxygens (including phenoxy) is 1. The molecule has 130 valence electrons. The first kappa shape index (κ1) is 16.8. The van der Waals surface area contributed by atoms with Crippen LogP contribution in [0.1, 0.15) is 43.1 Å². The van der Waals surface area contributed by atoms with E-state index in [1.165, 1.54) is 12.4 Å². The maximum Gasteiger partial charge on any atom is 0.271 e. The molecule has 1 unspecified atom stereocenters. The molecule has 7 heteroatoms. The van der Waals surface area contributed by atoms with Crippen molar-refractivity contribution in [3.8, 4) is 0 Å². The van der Waals surface area contributed by atoms with E-state index in [0.29, 0.717) is 44.3 Å². The van der Waals surface area contributed by atoms with Crippen molar-refractivity contribution in [1.29, 1.82) is 0 Å². The molecule has 2 fully saturated rings. The molecule has 0 aliphatic carbocycles. The van der Waals surface area contributed by atoms with Crippen molar-refractivity contribution in [3.05, 3.63) is 24.3 Å². The second kappa shape index (κ2) is 7.25. The standard InChI is InChI=1S/C17H24N4O3/c1-2-3-15(22)21-11-17(12-21)5-4-13(10-24-17)8-20-16(23)14-9-18-6-7-19-14/h6-7,9,13H,2-5,8,10-12H2,1H3,(H,20,23). The van der Waals surface area contributed by atoms with Gasteiger partial charge in [0.1, 0.15) is 11.3 Å². The van der Waals surface area contributed by atoms with Crippen LogP contribution >= 0.6 is 0 Å². The number of rotatable bonds is 5. The molecule has 7 nitrogen and oxygen atoms in total. The summed E-state index contributed by atoms with van der Waals surface area (Å²) in [5, 5.41) is 2.89. The molecular formula is C17H24N4O3. The van der Waals surface area contributed by atoms with Gasteiger partial charge in [-0.1, -0.05) is 6.92 Å². The van der Waals surface area contributed by atoms with Gasteiger partial charge in [0, 0.05) is 25.4 Å². The zero-order valence-electron chi connectivity index (χ0n) is 14.0. The fourth-order valence-electron chi connectivity index (χ4n) is 3.27. The summed E-state index contributed by atoms with van der Waals surface area (Å²) in [6.07, 6.45) is 7.94. The highest BCUT2D eigenvalue weighted by atomic mass is 16.5. The molecule has 2 amide bonds. The number of nitrogens with one attached hydrogen (secondary N) is 1. The summed E-state index contributed by atoms with van der Waals surface area (Å²) < 4.78 is 6.04. The Labute approximate surface area is 141 Å². The van der Waals surface area contributed by atoms with Crippen molar-refractivity contribution in [2.75, 3.05) is 26.2 Å². The molecule has 2 aliphatic rings. The number of likely N-dealkylation sites (tertiary alicyclic amines) is 1. The zero-order chi connectivity index (χ0) is 17.0. The van der Waals surface area contributed by atoms with E-state index < -0.39 is 0 Å². The maximum atomic E-state index is 12.0. The first-order chi connectivity index (χ1) is 11.6. The molecule has 0 saturated carbocycles. The van der Waals surface area contributed by atoms with Crippen LogP contribution in [0.4, 0.5) is 0 Å². The normalized spacial score (nSPS) is 22.0. The highest BCUT2D eigenvalue weighted by molar-refractivity contribution is 5.91. The Bertz CT molecular complexity index is 577. The minimum atomic E-state index is -0.205. The lowest BCUT2D eigenvalue weighted by molar-refractivity contribution is -0.188. The highest BCUT2D eigenvalue weighted by Gasteiger charge is 2.48. The molecule has 1 spiro atoms. The van der Waals surface area contributed by atoms with Gasteiger partial charge in [-0.15, -0.1) is 0 Å². The van der Waals surface area contributed by atoms with Crippen LogP contribution in [0.5, 0.6) is 0 Å². The first-order valence-electron chi connectivity index (χ1n) is 8.58. The summed E-state index contributed by atoms with van der Waals surface area (Å²) in [6.45, 7) is 4.64. The lowest BCUT2D eigenvalue weighted by Crippen LogP contribution is -2.66. The molecule has 0 radical (unpaired) electrons. The predicted molar refractivity (Wildman–Crippen MR) is 87.3 cm³/mol. The SMILES string of the molecule is CCCC(=O)N1CC2(CCC(CNC(=O)c3cnccn3)CO2)C1. The fraction of sp³-hybridized carbons (Fsp3) is 0.647. The van der Waals surface area contributed by atoms with Crippen LogP contribution in [0.25, 0.3) is 0 Å². The smallest absolute Gasteiger partial charge is 0.271 e. The van der Waals surface area contributed by atoms with Crippen molar-refractivity contribution in [3.63, 3.8) is 0 Å². The van der Waals surface area contributed by atoms with Gasteiger partial charge in [0.2, 0.25) is 5.91 Å². The van der Waals surface area contributed by atoms with Gasteiger partial charge in [0.25, 0.3) is 5.91 Å². The summed E-state index contributed by atoms with van der Waals surface area (Å²) >= 11 is 0. The van der Waals surface area contributed by atoms with Crippen LogP contribution < -0.4 is 5.32 Å². The monoisotopic (exact) mass is 332 g/mol. The van der Waals surface area contributed by atoms with Gasteiger partial charge in [-0.25, -0.2) is 4.98 Å². The lowest BCUT2D eigenvalue weighted by atomic mass is 9.82. The maximum absolute atomic E-state index is 12.0. The largest absolute Gasteiger partial charge is 0.371 e. The van der Waals surface area contributed by atoms with Gasteiger partial charge in [0.15, 0.2) is 0 Å². The summed E-state index contributed by atoms with van der Waals surface area (Å²) in [4.78, 5) is 33.6. The van der Waals surface area contributed by atoms with Crippen molar-refractivity contribution in [2.24, 2.45) is 5.92 Å². The van der Waals surface area contributed by atoms with Crippen molar-refractivity contribution in [1.82, 2.24) is 20.2 Å². The number of carbonyl (C=O) groups excluding carboxylic acids is 2. The molecule has 1 aromatic rings. The minimum Gasteiger partial charge on any atom is -0.371 e. The third kappa shape index (κ3) is 3.72. The van der Waals surface area contributed by atoms with Gasteiger partial charge >= 0.3 is 0 Å². The van der Waals surface area contributed by atoms with Crippen LogP contribution in [-0.2, 0) is 9.53 Å². The summed E-state index contributed by atoms with van der Waals surface area (Å²) in [7, 11) is 0. The van der Waals surface area contributed by atoms with E-state index in [2.05, 4.69) is 15.3 Å². The summed E-state index contributed by atoms with van der Waals surface area (Å²) in [6, 6.07) is 0. The molecule has 3 rings (SSSR count). The number of carbonyl (C=O) groups is 2. The van der Waals surface area contributed by atoms with E-state index in [1.807, 2.05) is 11.8 Å². The van der Waals surface area contributed by atoms with Crippen LogP contribution in [0, 0.1) is 5.92 Å². The Morgan fingerprint density at radius 3 is 2.88 bits per heavy atom. The van der Waals surface area contributed by atoms with Crippen LogP contribution in [0.3, 0.4) is 0 Å². The molecule has 2 aliphatic heterocycles. The van der Waals surface area contributed by atoms with E-state index in [9.17, 15) is 9.59 Å². The average Bonchev–Trinajstić information content (AvgIpc) is 2.59. The van der Waals surface area contributed by atoms with E-state index >= 15 is 0 Å². The number of aromatic nitrogens is 2. The Hall–Kier alpha value is -2.02. The molecule has 2 saturated heterocycles. The van der Waals surface area contributed by atoms with Gasteiger partial charge in [-0.05, 0) is 25.2 Å².